The number of likely N-dealkylation sites (N-methyl/N-ethyl adjacent to an activating group) is 1. The molecule has 33 heavy (non-hydrogen) atoms. The average Bonchev–Trinajstić information content (AvgIpc) is 3.09. The Balaban J connectivity index is 1.34. The maximum Gasteiger partial charge on any atom is 0.573 e. The molecule has 4 atom stereocenters. The lowest BCUT2D eigenvalue weighted by Gasteiger charge is -2.37. The van der Waals surface area contributed by atoms with E-state index in [0.29, 0.717) is 35.1 Å². The number of alkyl halides is 3. The summed E-state index contributed by atoms with van der Waals surface area (Å²) < 4.78 is 44.3. The quantitative estimate of drug-likeness (QED) is 0.727. The first kappa shape index (κ1) is 22.5. The summed E-state index contributed by atoms with van der Waals surface area (Å²) in [5, 5.41) is 4.74. The Morgan fingerprint density at radius 1 is 1.09 bits per heavy atom. The lowest BCUT2D eigenvalue weighted by atomic mass is 10.0. The van der Waals surface area contributed by atoms with E-state index in [0.717, 1.165) is 26.2 Å². The second kappa shape index (κ2) is 8.16. The molecule has 1 saturated heterocycles. The SMILES string of the molecule is CC(C)n1nc(-c2cnc(N)c(OC(F)(F)F)c2)cc1[C@H]1[C@@H]2C[C@H](N3CCN(C)CC3)C[C@@H]21. The Morgan fingerprint density at radius 2 is 1.76 bits per heavy atom. The molecule has 2 N–H and O–H groups in total. The van der Waals surface area contributed by atoms with Gasteiger partial charge in [-0.1, -0.05) is 0 Å². The standard InChI is InChI=1S/C23H31F3N6O/c1-13(2)32-19(21-16-9-15(10-17(16)21)31-6-4-30(3)5-7-31)11-18(29-32)14-8-20(22(27)28-12-14)33-23(24,25)26/h8,11-13,15-17,21H,4-7,9-10H2,1-3H3,(H2,27,28)/t15-,16+,17-,21-. The first-order valence-electron chi connectivity index (χ1n) is 11.6. The molecule has 2 aromatic heterocycles. The van der Waals surface area contributed by atoms with Crippen molar-refractivity contribution in [3.63, 3.8) is 0 Å². The number of hydrogen-bond donors (Lipinski definition) is 1. The van der Waals surface area contributed by atoms with E-state index in [-0.39, 0.29) is 11.9 Å². The highest BCUT2D eigenvalue weighted by Gasteiger charge is 2.58. The van der Waals surface area contributed by atoms with Gasteiger partial charge in [0, 0.05) is 61.6 Å². The van der Waals surface area contributed by atoms with Gasteiger partial charge in [-0.25, -0.2) is 4.98 Å². The first-order valence-corrected chi connectivity index (χ1v) is 11.6. The van der Waals surface area contributed by atoms with E-state index >= 15 is 0 Å². The minimum Gasteiger partial charge on any atom is -0.402 e. The number of nitrogens with zero attached hydrogens (tertiary/aromatic N) is 5. The molecule has 5 rings (SSSR count). The van der Waals surface area contributed by atoms with Crippen LogP contribution in [0.25, 0.3) is 11.3 Å². The maximum absolute atomic E-state index is 12.7. The maximum atomic E-state index is 12.7. The molecule has 0 spiro atoms. The molecule has 3 fully saturated rings. The molecule has 2 aliphatic carbocycles. The highest BCUT2D eigenvalue weighted by Crippen LogP contribution is 2.64. The van der Waals surface area contributed by atoms with Gasteiger partial charge in [0.05, 0.1) is 5.69 Å². The predicted octanol–water partition coefficient (Wildman–Crippen LogP) is 3.75. The molecule has 0 radical (unpaired) electrons. The molecule has 0 unspecified atom stereocenters. The van der Waals surface area contributed by atoms with E-state index in [1.54, 1.807) is 0 Å². The normalized spacial score (nSPS) is 28.3. The highest BCUT2D eigenvalue weighted by atomic mass is 19.4. The number of rotatable bonds is 5. The molecule has 10 heteroatoms. The summed E-state index contributed by atoms with van der Waals surface area (Å²) >= 11 is 0. The van der Waals surface area contributed by atoms with Crippen molar-refractivity contribution in [1.29, 1.82) is 0 Å². The minimum atomic E-state index is -4.83. The van der Waals surface area contributed by atoms with Crippen molar-refractivity contribution in [2.45, 2.75) is 51.1 Å². The summed E-state index contributed by atoms with van der Waals surface area (Å²) in [6.07, 6.45) is -0.954. The number of fused-ring (bicyclic) bond motifs is 1. The number of pyridine rings is 1. The zero-order valence-electron chi connectivity index (χ0n) is 19.2. The third kappa shape index (κ3) is 4.42. The van der Waals surface area contributed by atoms with Gasteiger partial charge in [0.2, 0.25) is 0 Å². The molecular formula is C23H31F3N6O. The number of anilines is 1. The Morgan fingerprint density at radius 3 is 2.36 bits per heavy atom. The van der Waals surface area contributed by atoms with Crippen LogP contribution in [-0.4, -0.2) is 70.2 Å². The van der Waals surface area contributed by atoms with Crippen molar-refractivity contribution < 1.29 is 17.9 Å². The van der Waals surface area contributed by atoms with Crippen LogP contribution in [-0.2, 0) is 0 Å². The topological polar surface area (TPSA) is 72.4 Å². The summed E-state index contributed by atoms with van der Waals surface area (Å²) in [4.78, 5) is 8.94. The Hall–Kier alpha value is -2.33. The van der Waals surface area contributed by atoms with E-state index in [1.807, 2.05) is 10.7 Å². The van der Waals surface area contributed by atoms with Crippen LogP contribution in [0.4, 0.5) is 19.0 Å². The van der Waals surface area contributed by atoms with Crippen molar-refractivity contribution in [2.24, 2.45) is 11.8 Å². The monoisotopic (exact) mass is 464 g/mol. The van der Waals surface area contributed by atoms with Gasteiger partial charge in [-0.15, -0.1) is 13.2 Å². The summed E-state index contributed by atoms with van der Waals surface area (Å²) in [5.74, 6) is 0.978. The third-order valence-corrected chi connectivity index (χ3v) is 7.47. The minimum absolute atomic E-state index is 0.149. The molecule has 7 nitrogen and oxygen atoms in total. The Bertz CT molecular complexity index is 1000. The molecule has 1 aliphatic heterocycles. The van der Waals surface area contributed by atoms with Crippen LogP contribution >= 0.6 is 0 Å². The van der Waals surface area contributed by atoms with Crippen LogP contribution in [0.1, 0.15) is 44.3 Å². The van der Waals surface area contributed by atoms with Gasteiger partial charge in [-0.05, 0) is 57.7 Å². The van der Waals surface area contributed by atoms with Crippen molar-refractivity contribution in [2.75, 3.05) is 39.0 Å². The number of halogens is 3. The van der Waals surface area contributed by atoms with Gasteiger partial charge in [0.15, 0.2) is 11.6 Å². The average molecular weight is 465 g/mol. The molecule has 2 saturated carbocycles. The number of piperazine rings is 1. The van der Waals surface area contributed by atoms with Gasteiger partial charge in [-0.2, -0.15) is 5.10 Å². The summed E-state index contributed by atoms with van der Waals surface area (Å²) in [6.45, 7) is 8.70. The van der Waals surface area contributed by atoms with Crippen molar-refractivity contribution in [1.82, 2.24) is 24.6 Å². The number of nitrogens with two attached hydrogens (primary N) is 1. The predicted molar refractivity (Wildman–Crippen MR) is 119 cm³/mol. The summed E-state index contributed by atoms with van der Waals surface area (Å²) in [5.41, 5.74) is 7.82. The molecular weight excluding hydrogens is 433 g/mol. The summed E-state index contributed by atoms with van der Waals surface area (Å²) in [7, 11) is 2.18. The van der Waals surface area contributed by atoms with E-state index in [2.05, 4.69) is 40.4 Å². The smallest absolute Gasteiger partial charge is 0.402 e. The molecule has 3 heterocycles. The zero-order chi connectivity index (χ0) is 23.5. The van der Waals surface area contributed by atoms with E-state index < -0.39 is 12.1 Å². The van der Waals surface area contributed by atoms with Crippen LogP contribution in [0.3, 0.4) is 0 Å². The highest BCUT2D eigenvalue weighted by molar-refractivity contribution is 5.64. The van der Waals surface area contributed by atoms with Gasteiger partial charge in [0.1, 0.15) is 0 Å². The number of hydrogen-bond acceptors (Lipinski definition) is 6. The number of nitrogen functional groups attached to an aromatic ring is 1. The fraction of sp³-hybridized carbons (Fsp3) is 0.652. The number of ether oxygens (including phenoxy) is 1. The van der Waals surface area contributed by atoms with Gasteiger partial charge >= 0.3 is 6.36 Å². The second-order valence-corrected chi connectivity index (χ2v) is 9.97. The molecule has 3 aliphatic rings. The Kier molecular flexibility index (Phi) is 5.55. The van der Waals surface area contributed by atoms with Gasteiger partial charge in [0.25, 0.3) is 0 Å². The van der Waals surface area contributed by atoms with Crippen molar-refractivity contribution in [3.8, 4) is 17.0 Å². The van der Waals surface area contributed by atoms with Gasteiger partial charge in [-0.3, -0.25) is 9.58 Å². The fourth-order valence-electron chi connectivity index (χ4n) is 5.75. The van der Waals surface area contributed by atoms with Crippen LogP contribution < -0.4 is 10.5 Å². The van der Waals surface area contributed by atoms with E-state index in [9.17, 15) is 13.2 Å². The lowest BCUT2D eigenvalue weighted by Crippen LogP contribution is -2.48. The summed E-state index contributed by atoms with van der Waals surface area (Å²) in [6, 6.07) is 4.10. The first-order chi connectivity index (χ1) is 15.6. The third-order valence-electron chi connectivity index (χ3n) is 7.47. The fourth-order valence-corrected chi connectivity index (χ4v) is 5.75. The van der Waals surface area contributed by atoms with E-state index in [4.69, 9.17) is 10.8 Å². The second-order valence-electron chi connectivity index (χ2n) is 9.97. The largest absolute Gasteiger partial charge is 0.573 e. The van der Waals surface area contributed by atoms with Crippen molar-refractivity contribution in [3.05, 3.63) is 24.0 Å². The van der Waals surface area contributed by atoms with Crippen molar-refractivity contribution >= 4 is 5.82 Å². The van der Waals surface area contributed by atoms with Crippen LogP contribution in [0.5, 0.6) is 5.75 Å². The van der Waals surface area contributed by atoms with Crippen LogP contribution in [0, 0.1) is 11.8 Å². The number of aromatic nitrogens is 3. The lowest BCUT2D eigenvalue weighted by molar-refractivity contribution is -0.274. The van der Waals surface area contributed by atoms with Crippen LogP contribution in [0.15, 0.2) is 18.3 Å². The molecule has 0 amide bonds. The molecule has 180 valence electrons. The van der Waals surface area contributed by atoms with Gasteiger partial charge < -0.3 is 15.4 Å². The van der Waals surface area contributed by atoms with E-state index in [1.165, 1.54) is 30.8 Å². The van der Waals surface area contributed by atoms with Crippen LogP contribution in [0.2, 0.25) is 0 Å². The zero-order valence-corrected chi connectivity index (χ0v) is 19.2. The molecule has 2 aromatic rings. The molecule has 0 bridgehead atoms. The Labute approximate surface area is 191 Å². The molecule has 0 aromatic carbocycles.